The maximum absolute atomic E-state index is 13.7. The largest absolute Gasteiger partial charge is 0.294 e. The molecule has 0 bridgehead atoms. The standard InChI is InChI=1S/C29H29NO2/c1-18-12-19(2)14-21(13-18)30-25-16-29(3,4)17-26(31)28(25)24(15-27(30)32)23-11-7-9-20-8-5-6-10-22(20)23/h5-14,24H,15-17H2,1-4H3. The molecule has 3 nitrogen and oxygen atoms in total. The fourth-order valence-corrected chi connectivity index (χ4v) is 5.61. The van der Waals surface area contributed by atoms with Gasteiger partial charge in [0.2, 0.25) is 5.91 Å². The summed E-state index contributed by atoms with van der Waals surface area (Å²) in [6.45, 7) is 8.35. The zero-order valence-corrected chi connectivity index (χ0v) is 19.2. The Hall–Kier alpha value is -3.20. The molecule has 3 heteroatoms. The van der Waals surface area contributed by atoms with E-state index in [1.165, 1.54) is 0 Å². The maximum atomic E-state index is 13.7. The molecule has 1 amide bonds. The van der Waals surface area contributed by atoms with Gasteiger partial charge < -0.3 is 0 Å². The van der Waals surface area contributed by atoms with Gasteiger partial charge in [-0.25, -0.2) is 0 Å². The van der Waals surface area contributed by atoms with Crippen LogP contribution < -0.4 is 4.90 Å². The number of amides is 1. The van der Waals surface area contributed by atoms with Gasteiger partial charge >= 0.3 is 0 Å². The number of anilines is 1. The van der Waals surface area contributed by atoms with Gasteiger partial charge in [0.05, 0.1) is 0 Å². The van der Waals surface area contributed by atoms with Crippen molar-refractivity contribution in [3.63, 3.8) is 0 Å². The molecule has 0 saturated carbocycles. The van der Waals surface area contributed by atoms with Gasteiger partial charge in [-0.05, 0) is 65.3 Å². The summed E-state index contributed by atoms with van der Waals surface area (Å²) in [6.07, 6.45) is 1.54. The van der Waals surface area contributed by atoms with Crippen LogP contribution in [0.3, 0.4) is 0 Å². The molecular weight excluding hydrogens is 394 g/mol. The first kappa shape index (κ1) is 20.7. The Morgan fingerprint density at radius 2 is 1.56 bits per heavy atom. The number of allylic oxidation sites excluding steroid dienone is 2. The van der Waals surface area contributed by atoms with E-state index in [4.69, 9.17) is 0 Å². The van der Waals surface area contributed by atoms with Crippen molar-refractivity contribution in [3.8, 4) is 0 Å². The van der Waals surface area contributed by atoms with Crippen LogP contribution in [-0.4, -0.2) is 11.7 Å². The van der Waals surface area contributed by atoms with Crippen LogP contribution in [0.15, 0.2) is 71.9 Å². The Labute approximate surface area is 189 Å². The zero-order valence-electron chi connectivity index (χ0n) is 19.2. The predicted molar refractivity (Wildman–Crippen MR) is 130 cm³/mol. The summed E-state index contributed by atoms with van der Waals surface area (Å²) in [5.74, 6) is 0.0441. The summed E-state index contributed by atoms with van der Waals surface area (Å²) in [5.41, 5.74) is 5.75. The van der Waals surface area contributed by atoms with Gasteiger partial charge in [-0.3, -0.25) is 14.5 Å². The molecule has 2 aliphatic rings. The first-order valence-electron chi connectivity index (χ1n) is 11.4. The van der Waals surface area contributed by atoms with E-state index >= 15 is 0 Å². The molecule has 5 rings (SSSR count). The summed E-state index contributed by atoms with van der Waals surface area (Å²) in [6, 6.07) is 20.7. The van der Waals surface area contributed by atoms with Crippen LogP contribution in [0.5, 0.6) is 0 Å². The summed E-state index contributed by atoms with van der Waals surface area (Å²) < 4.78 is 0. The fraction of sp³-hybridized carbons (Fsp3) is 0.310. The molecule has 32 heavy (non-hydrogen) atoms. The normalized spacial score (nSPS) is 20.6. The molecule has 162 valence electrons. The van der Waals surface area contributed by atoms with Crippen molar-refractivity contribution in [2.75, 3.05) is 4.90 Å². The van der Waals surface area contributed by atoms with Crippen molar-refractivity contribution in [2.45, 2.75) is 52.9 Å². The second-order valence-electron chi connectivity index (χ2n) is 10.2. The van der Waals surface area contributed by atoms with Crippen LogP contribution in [0.1, 0.15) is 55.7 Å². The van der Waals surface area contributed by atoms with Crippen molar-refractivity contribution in [3.05, 3.63) is 88.6 Å². The van der Waals surface area contributed by atoms with E-state index in [9.17, 15) is 9.59 Å². The van der Waals surface area contributed by atoms with Crippen LogP contribution in [0.4, 0.5) is 5.69 Å². The molecule has 1 aliphatic heterocycles. The summed E-state index contributed by atoms with van der Waals surface area (Å²) in [7, 11) is 0. The Morgan fingerprint density at radius 1 is 0.875 bits per heavy atom. The number of ketones is 1. The van der Waals surface area contributed by atoms with Crippen molar-refractivity contribution in [1.82, 2.24) is 0 Å². The fourth-order valence-electron chi connectivity index (χ4n) is 5.61. The van der Waals surface area contributed by atoms with Gasteiger partial charge in [0.15, 0.2) is 5.78 Å². The number of nitrogens with zero attached hydrogens (tertiary/aromatic N) is 1. The molecular formula is C29H29NO2. The van der Waals surface area contributed by atoms with Gasteiger partial charge in [-0.15, -0.1) is 0 Å². The number of hydrogen-bond donors (Lipinski definition) is 0. The quantitative estimate of drug-likeness (QED) is 0.464. The molecule has 1 heterocycles. The third-order valence-corrected chi connectivity index (χ3v) is 6.81. The monoisotopic (exact) mass is 423 g/mol. The minimum Gasteiger partial charge on any atom is -0.294 e. The highest BCUT2D eigenvalue weighted by Crippen LogP contribution is 2.49. The molecule has 0 saturated heterocycles. The Kier molecular flexibility index (Phi) is 4.81. The van der Waals surface area contributed by atoms with Crippen LogP contribution in [0.25, 0.3) is 10.8 Å². The summed E-state index contributed by atoms with van der Waals surface area (Å²) >= 11 is 0. The SMILES string of the molecule is Cc1cc(C)cc(N2C(=O)CC(c3cccc4ccccc34)C3=C2CC(C)(C)CC3=O)c1. The van der Waals surface area contributed by atoms with Crippen LogP contribution >= 0.6 is 0 Å². The minimum absolute atomic E-state index is 0.0668. The number of carbonyl (C=O) groups excluding carboxylic acids is 2. The lowest BCUT2D eigenvalue weighted by atomic mass is 9.69. The zero-order chi connectivity index (χ0) is 22.6. The molecule has 1 unspecified atom stereocenters. The smallest absolute Gasteiger partial charge is 0.232 e. The van der Waals surface area contributed by atoms with Crippen LogP contribution in [0, 0.1) is 19.3 Å². The molecule has 1 atom stereocenters. The van der Waals surface area contributed by atoms with E-state index < -0.39 is 0 Å². The first-order chi connectivity index (χ1) is 15.2. The number of Topliss-reactive ketones (excluding diaryl/α,β-unsaturated/α-hetero) is 1. The lowest BCUT2D eigenvalue weighted by molar-refractivity contribution is -0.120. The third kappa shape index (κ3) is 3.46. The third-order valence-electron chi connectivity index (χ3n) is 6.81. The van der Waals surface area contributed by atoms with E-state index in [0.717, 1.165) is 44.4 Å². The van der Waals surface area contributed by atoms with Crippen molar-refractivity contribution in [1.29, 1.82) is 0 Å². The van der Waals surface area contributed by atoms with Crippen LogP contribution in [-0.2, 0) is 9.59 Å². The minimum atomic E-state index is -0.200. The number of benzene rings is 3. The summed E-state index contributed by atoms with van der Waals surface area (Å²) in [5, 5.41) is 2.26. The van der Waals surface area contributed by atoms with Gasteiger partial charge in [0.25, 0.3) is 0 Å². The van der Waals surface area contributed by atoms with Gasteiger partial charge in [0.1, 0.15) is 0 Å². The Bertz CT molecular complexity index is 1270. The molecule has 1 aliphatic carbocycles. The second-order valence-corrected chi connectivity index (χ2v) is 10.2. The second kappa shape index (κ2) is 7.44. The van der Waals surface area contributed by atoms with E-state index in [1.807, 2.05) is 23.1 Å². The Morgan fingerprint density at radius 3 is 2.31 bits per heavy atom. The summed E-state index contributed by atoms with van der Waals surface area (Å²) in [4.78, 5) is 29.1. The highest BCUT2D eigenvalue weighted by atomic mass is 16.2. The molecule has 0 radical (unpaired) electrons. The molecule has 0 aromatic heterocycles. The topological polar surface area (TPSA) is 37.4 Å². The Balaban J connectivity index is 1.75. The number of rotatable bonds is 2. The number of hydrogen-bond acceptors (Lipinski definition) is 2. The lowest BCUT2D eigenvalue weighted by Gasteiger charge is -2.43. The molecule has 0 N–H and O–H groups in total. The van der Waals surface area contributed by atoms with Crippen molar-refractivity contribution >= 4 is 28.2 Å². The number of carbonyl (C=O) groups is 2. The van der Waals surface area contributed by atoms with Crippen molar-refractivity contribution in [2.24, 2.45) is 5.41 Å². The molecule has 0 spiro atoms. The highest BCUT2D eigenvalue weighted by Gasteiger charge is 2.44. The number of aryl methyl sites for hydroxylation is 2. The predicted octanol–water partition coefficient (Wildman–Crippen LogP) is 6.62. The lowest BCUT2D eigenvalue weighted by Crippen LogP contribution is -2.43. The molecule has 3 aromatic carbocycles. The van der Waals surface area contributed by atoms with Gasteiger partial charge in [-0.2, -0.15) is 0 Å². The van der Waals surface area contributed by atoms with Crippen LogP contribution in [0.2, 0.25) is 0 Å². The first-order valence-corrected chi connectivity index (χ1v) is 11.4. The highest BCUT2D eigenvalue weighted by molar-refractivity contribution is 6.08. The van der Waals surface area contributed by atoms with E-state index in [0.29, 0.717) is 19.3 Å². The van der Waals surface area contributed by atoms with Gasteiger partial charge in [0, 0.05) is 35.7 Å². The van der Waals surface area contributed by atoms with Crippen molar-refractivity contribution < 1.29 is 9.59 Å². The average Bonchev–Trinajstić information content (AvgIpc) is 2.71. The van der Waals surface area contributed by atoms with E-state index in [2.05, 4.69) is 70.2 Å². The molecule has 3 aromatic rings. The van der Waals surface area contributed by atoms with E-state index in [-0.39, 0.29) is 23.0 Å². The van der Waals surface area contributed by atoms with Gasteiger partial charge in [-0.1, -0.05) is 62.4 Å². The molecule has 0 fully saturated rings. The number of fused-ring (bicyclic) bond motifs is 1. The average molecular weight is 424 g/mol. The van der Waals surface area contributed by atoms with E-state index in [1.54, 1.807) is 0 Å². The maximum Gasteiger partial charge on any atom is 0.232 e.